The van der Waals surface area contributed by atoms with E-state index >= 15 is 0 Å². The lowest BCUT2D eigenvalue weighted by atomic mass is 10.2. The standard InChI is InChI=1S/C13H15N3O3S/c1-15(9-8-12(14)20)13(17)7-4-10-2-5-11(6-3-10)16(18)19/h2-7H,8-9H2,1H3,(H2,14,20)/b7-4+. The molecule has 0 heterocycles. The molecule has 0 unspecified atom stereocenters. The Kier molecular flexibility index (Phi) is 5.79. The van der Waals surface area contributed by atoms with E-state index in [0.29, 0.717) is 23.5 Å². The molecule has 0 aromatic heterocycles. The number of nitrogens with zero attached hydrogens (tertiary/aromatic N) is 2. The molecule has 7 heteroatoms. The summed E-state index contributed by atoms with van der Waals surface area (Å²) < 4.78 is 0. The number of hydrogen-bond donors (Lipinski definition) is 1. The van der Waals surface area contributed by atoms with Crippen LogP contribution in [0.2, 0.25) is 0 Å². The summed E-state index contributed by atoms with van der Waals surface area (Å²) in [6, 6.07) is 5.94. The van der Waals surface area contributed by atoms with Gasteiger partial charge in [0.05, 0.1) is 9.91 Å². The van der Waals surface area contributed by atoms with Crippen LogP contribution in [0.1, 0.15) is 12.0 Å². The van der Waals surface area contributed by atoms with Gasteiger partial charge < -0.3 is 10.6 Å². The Morgan fingerprint density at radius 1 is 1.45 bits per heavy atom. The van der Waals surface area contributed by atoms with Crippen LogP contribution in [0, 0.1) is 10.1 Å². The zero-order chi connectivity index (χ0) is 15.1. The van der Waals surface area contributed by atoms with Crippen LogP contribution >= 0.6 is 12.2 Å². The molecule has 1 rings (SSSR count). The summed E-state index contributed by atoms with van der Waals surface area (Å²) in [4.78, 5) is 23.6. The number of rotatable bonds is 6. The molecule has 0 spiro atoms. The molecule has 0 fully saturated rings. The molecule has 1 aromatic rings. The van der Waals surface area contributed by atoms with E-state index in [0.717, 1.165) is 0 Å². The number of carbonyl (C=O) groups excluding carboxylic acids is 1. The van der Waals surface area contributed by atoms with Crippen LogP contribution in [0.25, 0.3) is 6.08 Å². The molecular formula is C13H15N3O3S. The van der Waals surface area contributed by atoms with Crippen LogP contribution in [0.4, 0.5) is 5.69 Å². The number of carbonyl (C=O) groups is 1. The zero-order valence-corrected chi connectivity index (χ0v) is 11.8. The summed E-state index contributed by atoms with van der Waals surface area (Å²) in [5, 5.41) is 10.5. The van der Waals surface area contributed by atoms with Crippen molar-refractivity contribution in [3.8, 4) is 0 Å². The van der Waals surface area contributed by atoms with E-state index < -0.39 is 4.92 Å². The number of thiocarbonyl (C=S) groups is 1. The maximum atomic E-state index is 11.8. The first-order chi connectivity index (χ1) is 9.40. The van der Waals surface area contributed by atoms with Crippen molar-refractivity contribution in [3.63, 3.8) is 0 Å². The van der Waals surface area contributed by atoms with Gasteiger partial charge >= 0.3 is 0 Å². The van der Waals surface area contributed by atoms with Crippen LogP contribution < -0.4 is 5.73 Å². The summed E-state index contributed by atoms with van der Waals surface area (Å²) in [7, 11) is 1.65. The molecule has 0 radical (unpaired) electrons. The first kappa shape index (κ1) is 15.8. The van der Waals surface area contributed by atoms with Crippen LogP contribution in [-0.4, -0.2) is 34.3 Å². The lowest BCUT2D eigenvalue weighted by molar-refractivity contribution is -0.384. The summed E-state index contributed by atoms with van der Waals surface area (Å²) in [5.41, 5.74) is 6.10. The molecule has 20 heavy (non-hydrogen) atoms. The van der Waals surface area contributed by atoms with Gasteiger partial charge in [-0.3, -0.25) is 14.9 Å². The Morgan fingerprint density at radius 3 is 2.55 bits per heavy atom. The smallest absolute Gasteiger partial charge is 0.269 e. The molecule has 0 aliphatic rings. The van der Waals surface area contributed by atoms with E-state index in [9.17, 15) is 14.9 Å². The molecule has 0 aliphatic carbocycles. The van der Waals surface area contributed by atoms with Gasteiger partial charge in [0.2, 0.25) is 5.91 Å². The molecule has 0 saturated carbocycles. The molecular weight excluding hydrogens is 278 g/mol. The number of amides is 1. The van der Waals surface area contributed by atoms with Gasteiger partial charge in [-0.05, 0) is 23.8 Å². The lowest BCUT2D eigenvalue weighted by Crippen LogP contribution is -2.28. The summed E-state index contributed by atoms with van der Waals surface area (Å²) in [6.07, 6.45) is 3.48. The van der Waals surface area contributed by atoms with E-state index in [4.69, 9.17) is 18.0 Å². The highest BCUT2D eigenvalue weighted by molar-refractivity contribution is 7.80. The van der Waals surface area contributed by atoms with Gasteiger partial charge in [-0.2, -0.15) is 0 Å². The Balaban J connectivity index is 2.60. The predicted octanol–water partition coefficient (Wildman–Crippen LogP) is 1.74. The zero-order valence-electron chi connectivity index (χ0n) is 11.0. The largest absolute Gasteiger partial charge is 0.393 e. The third-order valence-corrected chi connectivity index (χ3v) is 2.80. The number of nitrogens with two attached hydrogens (primary N) is 1. The number of non-ortho nitro benzene ring substituents is 1. The molecule has 106 valence electrons. The first-order valence-electron chi connectivity index (χ1n) is 5.86. The fourth-order valence-corrected chi connectivity index (χ4v) is 1.48. The van der Waals surface area contributed by atoms with Crippen molar-refractivity contribution in [2.75, 3.05) is 13.6 Å². The highest BCUT2D eigenvalue weighted by atomic mass is 32.1. The SMILES string of the molecule is CN(CCC(N)=S)C(=O)/C=C/c1ccc([N+](=O)[O-])cc1. The van der Waals surface area contributed by atoms with Gasteiger partial charge in [-0.1, -0.05) is 12.2 Å². The molecule has 0 saturated heterocycles. The third-order valence-electron chi connectivity index (χ3n) is 2.59. The van der Waals surface area contributed by atoms with Crippen molar-refractivity contribution >= 4 is 34.9 Å². The predicted molar refractivity (Wildman–Crippen MR) is 81.2 cm³/mol. The fraction of sp³-hybridized carbons (Fsp3) is 0.231. The van der Waals surface area contributed by atoms with Gasteiger partial charge in [0.25, 0.3) is 5.69 Å². The minimum absolute atomic E-state index is 0.0158. The van der Waals surface area contributed by atoms with Gasteiger partial charge in [0.1, 0.15) is 0 Å². The van der Waals surface area contributed by atoms with Crippen LogP contribution in [-0.2, 0) is 4.79 Å². The number of nitro benzene ring substituents is 1. The van der Waals surface area contributed by atoms with Gasteiger partial charge in [0.15, 0.2) is 0 Å². The van der Waals surface area contributed by atoms with E-state index in [1.54, 1.807) is 25.3 Å². The van der Waals surface area contributed by atoms with Crippen molar-refractivity contribution in [3.05, 3.63) is 46.0 Å². The highest BCUT2D eigenvalue weighted by Crippen LogP contribution is 2.12. The Hall–Kier alpha value is -2.28. The molecule has 0 aliphatic heterocycles. The van der Waals surface area contributed by atoms with Crippen molar-refractivity contribution in [2.45, 2.75) is 6.42 Å². The average Bonchev–Trinajstić information content (AvgIpc) is 2.42. The van der Waals surface area contributed by atoms with Crippen molar-refractivity contribution in [1.29, 1.82) is 0 Å². The Labute approximate surface area is 122 Å². The quantitative estimate of drug-likeness (QED) is 0.373. The number of hydrogen-bond acceptors (Lipinski definition) is 4. The maximum Gasteiger partial charge on any atom is 0.269 e. The number of nitro groups is 1. The van der Waals surface area contributed by atoms with Crippen LogP contribution in [0.15, 0.2) is 30.3 Å². The average molecular weight is 293 g/mol. The second kappa shape index (κ2) is 7.34. The van der Waals surface area contributed by atoms with Crippen LogP contribution in [0.5, 0.6) is 0 Å². The monoisotopic (exact) mass is 293 g/mol. The van der Waals surface area contributed by atoms with E-state index in [1.807, 2.05) is 0 Å². The molecule has 0 bridgehead atoms. The van der Waals surface area contributed by atoms with E-state index in [2.05, 4.69) is 0 Å². The Morgan fingerprint density at radius 2 is 2.05 bits per heavy atom. The minimum atomic E-state index is -0.470. The summed E-state index contributed by atoms with van der Waals surface area (Å²) in [5.74, 6) is -0.181. The summed E-state index contributed by atoms with van der Waals surface area (Å²) in [6.45, 7) is 0.457. The van der Waals surface area contributed by atoms with E-state index in [1.165, 1.54) is 23.1 Å². The highest BCUT2D eigenvalue weighted by Gasteiger charge is 2.05. The van der Waals surface area contributed by atoms with Crippen molar-refractivity contribution in [1.82, 2.24) is 4.90 Å². The van der Waals surface area contributed by atoms with Crippen molar-refractivity contribution < 1.29 is 9.72 Å². The lowest BCUT2D eigenvalue weighted by Gasteiger charge is -2.14. The normalized spacial score (nSPS) is 10.4. The molecule has 2 N–H and O–H groups in total. The van der Waals surface area contributed by atoms with E-state index in [-0.39, 0.29) is 11.6 Å². The minimum Gasteiger partial charge on any atom is -0.393 e. The maximum absolute atomic E-state index is 11.8. The topological polar surface area (TPSA) is 89.5 Å². The van der Waals surface area contributed by atoms with Crippen LogP contribution in [0.3, 0.4) is 0 Å². The third kappa shape index (κ3) is 5.15. The first-order valence-corrected chi connectivity index (χ1v) is 6.27. The number of benzene rings is 1. The van der Waals surface area contributed by atoms with Gasteiger partial charge in [-0.25, -0.2) is 0 Å². The number of likely N-dealkylation sites (N-methyl/N-ethyl adjacent to an activating group) is 1. The second-order valence-electron chi connectivity index (χ2n) is 4.16. The molecule has 0 atom stereocenters. The second-order valence-corrected chi connectivity index (χ2v) is 4.68. The van der Waals surface area contributed by atoms with Crippen molar-refractivity contribution in [2.24, 2.45) is 5.73 Å². The summed E-state index contributed by atoms with van der Waals surface area (Å²) >= 11 is 4.74. The fourth-order valence-electron chi connectivity index (χ4n) is 1.39. The molecule has 1 amide bonds. The molecule has 1 aromatic carbocycles. The van der Waals surface area contributed by atoms with Gasteiger partial charge in [0, 0.05) is 38.2 Å². The van der Waals surface area contributed by atoms with Gasteiger partial charge in [-0.15, -0.1) is 0 Å². The molecule has 6 nitrogen and oxygen atoms in total. The Bertz CT molecular complexity index is 540.